The second-order valence-corrected chi connectivity index (χ2v) is 3.14. The molecule has 1 aromatic carbocycles. The predicted octanol–water partition coefficient (Wildman–Crippen LogP) is 3.84. The Morgan fingerprint density at radius 2 is 1.79 bits per heavy atom. The van der Waals surface area contributed by atoms with Gasteiger partial charge in [-0.15, -0.1) is 0 Å². The molecule has 0 saturated heterocycles. The van der Waals surface area contributed by atoms with Gasteiger partial charge in [0.05, 0.1) is 12.5 Å². The third-order valence-corrected chi connectivity index (χ3v) is 1.91. The van der Waals surface area contributed by atoms with E-state index in [0.29, 0.717) is 0 Å². The standard InChI is InChI=1S/C8H10.C5H6O/c1-2-8-6-4-3-5-7-8;1-5-2-3-6-4-5/h3-7H,2H2,1H3;2-4H,1H3. The summed E-state index contributed by atoms with van der Waals surface area (Å²) in [7, 11) is 0. The summed E-state index contributed by atoms with van der Waals surface area (Å²) in [6.07, 6.45) is 4.51. The summed E-state index contributed by atoms with van der Waals surface area (Å²) in [5.41, 5.74) is 2.59. The Hall–Kier alpha value is -1.50. The molecule has 0 atom stereocenters. The molecular weight excluding hydrogens is 172 g/mol. The molecule has 0 saturated carbocycles. The zero-order chi connectivity index (χ0) is 10.2. The van der Waals surface area contributed by atoms with Crippen molar-refractivity contribution in [2.45, 2.75) is 20.3 Å². The number of furan rings is 1. The molecule has 0 radical (unpaired) electrons. The van der Waals surface area contributed by atoms with E-state index in [1.165, 1.54) is 11.1 Å². The molecule has 0 bridgehead atoms. The molecule has 1 heterocycles. The molecular formula is C13H16O. The maximum Gasteiger partial charge on any atom is 0.0931 e. The Morgan fingerprint density at radius 1 is 1.07 bits per heavy atom. The van der Waals surface area contributed by atoms with Gasteiger partial charge in [-0.05, 0) is 30.5 Å². The van der Waals surface area contributed by atoms with Gasteiger partial charge >= 0.3 is 0 Å². The second-order valence-electron chi connectivity index (χ2n) is 3.14. The van der Waals surface area contributed by atoms with E-state index in [9.17, 15) is 0 Å². The van der Waals surface area contributed by atoms with Gasteiger partial charge in [0.1, 0.15) is 0 Å². The van der Waals surface area contributed by atoms with Crippen molar-refractivity contribution in [3.8, 4) is 0 Å². The quantitative estimate of drug-likeness (QED) is 0.662. The minimum Gasteiger partial charge on any atom is -0.472 e. The summed E-state index contributed by atoms with van der Waals surface area (Å²) in [6, 6.07) is 12.4. The molecule has 1 heteroatoms. The van der Waals surface area contributed by atoms with Crippen LogP contribution >= 0.6 is 0 Å². The molecule has 2 aromatic rings. The summed E-state index contributed by atoms with van der Waals surface area (Å²) in [5, 5.41) is 0. The van der Waals surface area contributed by atoms with Gasteiger partial charge in [-0.2, -0.15) is 0 Å². The lowest BCUT2D eigenvalue weighted by molar-refractivity contribution is 0.565. The maximum absolute atomic E-state index is 4.71. The minimum absolute atomic E-state index is 1.14. The fraction of sp³-hybridized carbons (Fsp3) is 0.231. The molecule has 0 aliphatic heterocycles. The molecule has 0 amide bonds. The van der Waals surface area contributed by atoms with Crippen LogP contribution in [0.4, 0.5) is 0 Å². The zero-order valence-corrected chi connectivity index (χ0v) is 8.73. The Balaban J connectivity index is 0.000000146. The lowest BCUT2D eigenvalue weighted by Gasteiger charge is -1.89. The summed E-state index contributed by atoms with van der Waals surface area (Å²) >= 11 is 0. The van der Waals surface area contributed by atoms with E-state index in [1.807, 2.05) is 19.1 Å². The molecule has 14 heavy (non-hydrogen) atoms. The SMILES string of the molecule is CCc1ccccc1.Cc1ccoc1. The average Bonchev–Trinajstić information content (AvgIpc) is 2.71. The average molecular weight is 188 g/mol. The van der Waals surface area contributed by atoms with Crippen LogP contribution in [0.25, 0.3) is 0 Å². The molecule has 0 fully saturated rings. The third kappa shape index (κ3) is 3.94. The van der Waals surface area contributed by atoms with Crippen molar-refractivity contribution in [2.24, 2.45) is 0 Å². The molecule has 0 N–H and O–H groups in total. The highest BCUT2D eigenvalue weighted by Gasteiger charge is 1.80. The first-order valence-electron chi connectivity index (χ1n) is 4.85. The van der Waals surface area contributed by atoms with Gasteiger partial charge in [0, 0.05) is 0 Å². The highest BCUT2D eigenvalue weighted by molar-refractivity contribution is 5.13. The summed E-state index contributed by atoms with van der Waals surface area (Å²) in [4.78, 5) is 0. The molecule has 1 aromatic heterocycles. The molecule has 1 nitrogen and oxygen atoms in total. The van der Waals surface area contributed by atoms with E-state index in [4.69, 9.17) is 4.42 Å². The summed E-state index contributed by atoms with van der Waals surface area (Å²) < 4.78 is 4.71. The zero-order valence-electron chi connectivity index (χ0n) is 8.73. The fourth-order valence-corrected chi connectivity index (χ4v) is 1.05. The van der Waals surface area contributed by atoms with Crippen LogP contribution in [0.2, 0.25) is 0 Å². The van der Waals surface area contributed by atoms with E-state index in [1.54, 1.807) is 12.5 Å². The van der Waals surface area contributed by atoms with E-state index in [2.05, 4.69) is 31.2 Å². The Labute approximate surface area is 85.4 Å². The Kier molecular flexibility index (Phi) is 4.56. The van der Waals surface area contributed by atoms with Crippen LogP contribution in [0.3, 0.4) is 0 Å². The van der Waals surface area contributed by atoms with E-state index >= 15 is 0 Å². The summed E-state index contributed by atoms with van der Waals surface area (Å²) in [6.45, 7) is 4.15. The highest BCUT2D eigenvalue weighted by Crippen LogP contribution is 1.96. The van der Waals surface area contributed by atoms with Crippen molar-refractivity contribution in [3.63, 3.8) is 0 Å². The normalized spacial score (nSPS) is 9.00. The van der Waals surface area contributed by atoms with E-state index < -0.39 is 0 Å². The third-order valence-electron chi connectivity index (χ3n) is 1.91. The van der Waals surface area contributed by atoms with Crippen LogP contribution in [0.5, 0.6) is 0 Å². The van der Waals surface area contributed by atoms with E-state index in [-0.39, 0.29) is 0 Å². The second kappa shape index (κ2) is 6.03. The van der Waals surface area contributed by atoms with Crippen LogP contribution in [-0.4, -0.2) is 0 Å². The van der Waals surface area contributed by atoms with Gasteiger partial charge in [-0.1, -0.05) is 37.3 Å². The largest absolute Gasteiger partial charge is 0.472 e. The Bertz CT molecular complexity index is 321. The smallest absolute Gasteiger partial charge is 0.0931 e. The van der Waals surface area contributed by atoms with Crippen LogP contribution in [0, 0.1) is 6.92 Å². The minimum atomic E-state index is 1.14. The van der Waals surface area contributed by atoms with Gasteiger partial charge in [0.15, 0.2) is 0 Å². The number of hydrogen-bond acceptors (Lipinski definition) is 1. The fourth-order valence-electron chi connectivity index (χ4n) is 1.05. The molecule has 2 rings (SSSR count). The number of benzene rings is 1. The number of rotatable bonds is 1. The molecule has 74 valence electrons. The lowest BCUT2D eigenvalue weighted by atomic mass is 10.2. The Morgan fingerprint density at radius 3 is 2.07 bits per heavy atom. The van der Waals surface area contributed by atoms with Crippen LogP contribution in [0.1, 0.15) is 18.1 Å². The first kappa shape index (κ1) is 10.6. The first-order valence-corrected chi connectivity index (χ1v) is 4.85. The molecule has 0 aliphatic carbocycles. The number of aryl methyl sites for hydroxylation is 2. The van der Waals surface area contributed by atoms with Crippen molar-refractivity contribution in [2.75, 3.05) is 0 Å². The van der Waals surface area contributed by atoms with Crippen molar-refractivity contribution in [3.05, 3.63) is 60.1 Å². The summed E-state index contributed by atoms with van der Waals surface area (Å²) in [5.74, 6) is 0. The van der Waals surface area contributed by atoms with Crippen molar-refractivity contribution < 1.29 is 4.42 Å². The van der Waals surface area contributed by atoms with Gasteiger partial charge < -0.3 is 4.42 Å². The topological polar surface area (TPSA) is 13.1 Å². The van der Waals surface area contributed by atoms with Gasteiger partial charge in [0.2, 0.25) is 0 Å². The number of hydrogen-bond donors (Lipinski definition) is 0. The van der Waals surface area contributed by atoms with Crippen LogP contribution < -0.4 is 0 Å². The van der Waals surface area contributed by atoms with E-state index in [0.717, 1.165) is 6.42 Å². The monoisotopic (exact) mass is 188 g/mol. The predicted molar refractivity (Wildman–Crippen MR) is 59.3 cm³/mol. The van der Waals surface area contributed by atoms with Gasteiger partial charge in [-0.25, -0.2) is 0 Å². The van der Waals surface area contributed by atoms with Crippen molar-refractivity contribution in [1.29, 1.82) is 0 Å². The van der Waals surface area contributed by atoms with Gasteiger partial charge in [0.25, 0.3) is 0 Å². The van der Waals surface area contributed by atoms with Crippen LogP contribution in [0.15, 0.2) is 53.3 Å². The van der Waals surface area contributed by atoms with Crippen molar-refractivity contribution >= 4 is 0 Å². The molecule has 0 aliphatic rings. The van der Waals surface area contributed by atoms with Crippen molar-refractivity contribution in [1.82, 2.24) is 0 Å². The van der Waals surface area contributed by atoms with Gasteiger partial charge in [-0.3, -0.25) is 0 Å². The lowest BCUT2D eigenvalue weighted by Crippen LogP contribution is -1.73. The highest BCUT2D eigenvalue weighted by atomic mass is 16.3. The molecule has 0 unspecified atom stereocenters. The molecule has 0 spiro atoms. The van der Waals surface area contributed by atoms with Crippen LogP contribution in [-0.2, 0) is 6.42 Å². The maximum atomic E-state index is 4.71. The first-order chi connectivity index (χ1) is 6.83.